The molecule has 0 saturated heterocycles. The lowest BCUT2D eigenvalue weighted by atomic mass is 10.3. The van der Waals surface area contributed by atoms with Crippen molar-refractivity contribution in [1.82, 2.24) is 0 Å². The Morgan fingerprint density at radius 2 is 1.60 bits per heavy atom. The Morgan fingerprint density at radius 3 is 2.20 bits per heavy atom. The highest BCUT2D eigenvalue weighted by Crippen LogP contribution is 2.19. The van der Waals surface area contributed by atoms with Gasteiger partial charge in [-0.1, -0.05) is 23.7 Å². The van der Waals surface area contributed by atoms with Crippen LogP contribution < -0.4 is 9.47 Å². The van der Waals surface area contributed by atoms with Crippen molar-refractivity contribution < 1.29 is 14.4 Å². The van der Waals surface area contributed by atoms with Gasteiger partial charge in [0.05, 0.1) is 11.0 Å². The monoisotopic (exact) mass is 293 g/mol. The Hall–Kier alpha value is -2.27. The van der Waals surface area contributed by atoms with Crippen LogP contribution in [-0.4, -0.2) is 18.1 Å². The lowest BCUT2D eigenvalue weighted by Crippen LogP contribution is -2.09. The van der Waals surface area contributed by atoms with E-state index in [1.807, 2.05) is 0 Å². The number of hydrogen-bond donors (Lipinski definition) is 0. The molecule has 5 nitrogen and oxygen atoms in total. The summed E-state index contributed by atoms with van der Waals surface area (Å²) in [5.41, 5.74) is -0.00161. The standard InChI is InChI=1S/C14H12ClNO4/c15-11-3-1-5-13(9-11)19-7-8-20-14-6-2-4-12(10-14)16(17)18/h1-6,9-10H,7-8H2. The van der Waals surface area contributed by atoms with Crippen LogP contribution in [0.15, 0.2) is 48.5 Å². The van der Waals surface area contributed by atoms with Crippen LogP contribution in [0, 0.1) is 10.1 Å². The molecule has 0 bridgehead atoms. The van der Waals surface area contributed by atoms with Crippen molar-refractivity contribution in [2.45, 2.75) is 0 Å². The molecular weight excluding hydrogens is 282 g/mol. The summed E-state index contributed by atoms with van der Waals surface area (Å²) in [7, 11) is 0. The minimum absolute atomic E-state index is 0.00161. The molecule has 0 aliphatic rings. The van der Waals surface area contributed by atoms with Gasteiger partial charge in [0, 0.05) is 11.1 Å². The minimum Gasteiger partial charge on any atom is -0.490 e. The maximum absolute atomic E-state index is 10.6. The second-order valence-corrected chi connectivity index (χ2v) is 4.35. The van der Waals surface area contributed by atoms with E-state index in [2.05, 4.69) is 0 Å². The van der Waals surface area contributed by atoms with E-state index in [9.17, 15) is 10.1 Å². The molecule has 0 heterocycles. The van der Waals surface area contributed by atoms with Crippen LogP contribution in [0.3, 0.4) is 0 Å². The Kier molecular flexibility index (Phi) is 4.79. The number of rotatable bonds is 6. The molecule has 6 heteroatoms. The topological polar surface area (TPSA) is 61.6 Å². The van der Waals surface area contributed by atoms with Crippen LogP contribution in [0.5, 0.6) is 11.5 Å². The third-order valence-electron chi connectivity index (χ3n) is 2.45. The Morgan fingerprint density at radius 1 is 1.00 bits per heavy atom. The normalized spacial score (nSPS) is 10.1. The van der Waals surface area contributed by atoms with E-state index in [-0.39, 0.29) is 12.3 Å². The van der Waals surface area contributed by atoms with Gasteiger partial charge in [-0.05, 0) is 24.3 Å². The number of nitro groups is 1. The van der Waals surface area contributed by atoms with E-state index in [4.69, 9.17) is 21.1 Å². The summed E-state index contributed by atoms with van der Waals surface area (Å²) in [6, 6.07) is 13.1. The van der Waals surface area contributed by atoms with Gasteiger partial charge >= 0.3 is 0 Å². The van der Waals surface area contributed by atoms with Crippen molar-refractivity contribution in [3.63, 3.8) is 0 Å². The van der Waals surface area contributed by atoms with Crippen molar-refractivity contribution in [2.24, 2.45) is 0 Å². The van der Waals surface area contributed by atoms with Crippen LogP contribution in [0.2, 0.25) is 5.02 Å². The highest BCUT2D eigenvalue weighted by molar-refractivity contribution is 6.30. The maximum Gasteiger partial charge on any atom is 0.273 e. The molecule has 20 heavy (non-hydrogen) atoms. The zero-order valence-electron chi connectivity index (χ0n) is 10.5. The van der Waals surface area contributed by atoms with E-state index in [1.165, 1.54) is 12.1 Å². The molecule has 0 aliphatic carbocycles. The fraction of sp³-hybridized carbons (Fsp3) is 0.143. The van der Waals surface area contributed by atoms with Crippen LogP contribution in [0.4, 0.5) is 5.69 Å². The Balaban J connectivity index is 1.81. The average Bonchev–Trinajstić information content (AvgIpc) is 2.44. The second kappa shape index (κ2) is 6.77. The summed E-state index contributed by atoms with van der Waals surface area (Å²) < 4.78 is 10.8. The van der Waals surface area contributed by atoms with Gasteiger partial charge in [0.25, 0.3) is 5.69 Å². The average molecular weight is 294 g/mol. The number of hydrogen-bond acceptors (Lipinski definition) is 4. The third-order valence-corrected chi connectivity index (χ3v) is 2.68. The fourth-order valence-corrected chi connectivity index (χ4v) is 1.74. The van der Waals surface area contributed by atoms with Gasteiger partial charge in [0.2, 0.25) is 0 Å². The fourth-order valence-electron chi connectivity index (χ4n) is 1.56. The minimum atomic E-state index is -0.463. The van der Waals surface area contributed by atoms with Gasteiger partial charge in [-0.2, -0.15) is 0 Å². The summed E-state index contributed by atoms with van der Waals surface area (Å²) in [4.78, 5) is 10.1. The third kappa shape index (κ3) is 4.13. The molecule has 0 atom stereocenters. The molecule has 0 aromatic heterocycles. The van der Waals surface area contributed by atoms with Gasteiger partial charge < -0.3 is 9.47 Å². The van der Waals surface area contributed by atoms with Crippen LogP contribution >= 0.6 is 11.6 Å². The predicted octanol–water partition coefficient (Wildman–Crippen LogP) is 3.71. The molecule has 0 saturated carbocycles. The number of ether oxygens (including phenoxy) is 2. The van der Waals surface area contributed by atoms with Gasteiger partial charge in [-0.15, -0.1) is 0 Å². The highest BCUT2D eigenvalue weighted by atomic mass is 35.5. The number of nitrogens with zero attached hydrogens (tertiary/aromatic N) is 1. The number of non-ortho nitro benzene ring substituents is 1. The quantitative estimate of drug-likeness (QED) is 0.463. The zero-order valence-corrected chi connectivity index (χ0v) is 11.2. The SMILES string of the molecule is O=[N+]([O-])c1cccc(OCCOc2cccc(Cl)c2)c1. The first-order valence-corrected chi connectivity index (χ1v) is 6.28. The van der Waals surface area contributed by atoms with E-state index < -0.39 is 4.92 Å². The van der Waals surface area contributed by atoms with Crippen molar-refractivity contribution in [3.8, 4) is 11.5 Å². The molecule has 0 spiro atoms. The molecular formula is C14H12ClNO4. The molecule has 0 unspecified atom stereocenters. The number of benzene rings is 2. The van der Waals surface area contributed by atoms with Crippen molar-refractivity contribution in [1.29, 1.82) is 0 Å². The summed E-state index contributed by atoms with van der Waals surface area (Å²) in [6.45, 7) is 0.608. The maximum atomic E-state index is 10.6. The molecule has 0 radical (unpaired) electrons. The molecule has 0 aliphatic heterocycles. The first kappa shape index (κ1) is 14.1. The molecule has 2 aromatic carbocycles. The molecule has 2 rings (SSSR count). The largest absolute Gasteiger partial charge is 0.490 e. The van der Waals surface area contributed by atoms with Gasteiger partial charge in [0.15, 0.2) is 0 Å². The van der Waals surface area contributed by atoms with Crippen molar-refractivity contribution in [3.05, 3.63) is 63.7 Å². The van der Waals surface area contributed by atoms with Gasteiger partial charge in [-0.25, -0.2) is 0 Å². The van der Waals surface area contributed by atoms with Gasteiger partial charge in [0.1, 0.15) is 24.7 Å². The van der Waals surface area contributed by atoms with E-state index in [0.717, 1.165) is 0 Å². The lowest BCUT2D eigenvalue weighted by Gasteiger charge is -2.08. The van der Waals surface area contributed by atoms with E-state index in [0.29, 0.717) is 23.1 Å². The molecule has 2 aromatic rings. The second-order valence-electron chi connectivity index (χ2n) is 3.91. The van der Waals surface area contributed by atoms with Crippen molar-refractivity contribution in [2.75, 3.05) is 13.2 Å². The van der Waals surface area contributed by atoms with E-state index >= 15 is 0 Å². The summed E-state index contributed by atoms with van der Waals surface area (Å²) in [5.74, 6) is 1.09. The number of halogens is 1. The number of nitro benzene ring substituents is 1. The van der Waals surface area contributed by atoms with Crippen LogP contribution in [0.25, 0.3) is 0 Å². The Bertz CT molecular complexity index is 603. The Labute approximate surface area is 120 Å². The lowest BCUT2D eigenvalue weighted by molar-refractivity contribution is -0.384. The molecule has 0 fully saturated rings. The smallest absolute Gasteiger partial charge is 0.273 e. The predicted molar refractivity (Wildman–Crippen MR) is 75.5 cm³/mol. The van der Waals surface area contributed by atoms with E-state index in [1.54, 1.807) is 36.4 Å². The molecule has 0 amide bonds. The summed E-state index contributed by atoms with van der Waals surface area (Å²) in [5, 5.41) is 11.2. The van der Waals surface area contributed by atoms with Crippen LogP contribution in [0.1, 0.15) is 0 Å². The summed E-state index contributed by atoms with van der Waals surface area (Å²) in [6.07, 6.45) is 0. The first-order chi connectivity index (χ1) is 9.65. The van der Waals surface area contributed by atoms with Crippen LogP contribution in [-0.2, 0) is 0 Å². The van der Waals surface area contributed by atoms with Crippen molar-refractivity contribution >= 4 is 17.3 Å². The zero-order chi connectivity index (χ0) is 14.4. The molecule has 0 N–H and O–H groups in total. The molecule has 104 valence electrons. The highest BCUT2D eigenvalue weighted by Gasteiger charge is 2.06. The first-order valence-electron chi connectivity index (χ1n) is 5.91. The summed E-state index contributed by atoms with van der Waals surface area (Å²) >= 11 is 5.83. The van der Waals surface area contributed by atoms with Gasteiger partial charge in [-0.3, -0.25) is 10.1 Å².